The summed E-state index contributed by atoms with van der Waals surface area (Å²) in [6.45, 7) is 14.7. The Morgan fingerprint density at radius 2 is 0.875 bits per heavy atom. The lowest BCUT2D eigenvalue weighted by atomic mass is 10.2. The van der Waals surface area contributed by atoms with Gasteiger partial charge in [-0.2, -0.15) is 10.5 Å². The number of aromatic nitrogens is 4. The SMILES string of the molecule is [C-]#[N+]c1nc2c(nc1[N+]#[C-])N(c1cc(F)c(F)c(F)c1)c1nc(C#N)c(C#N)nc1N2c1cc(F)c(F)c(F)c1. The summed E-state index contributed by atoms with van der Waals surface area (Å²) in [6, 6.07) is 5.23. The van der Waals surface area contributed by atoms with E-state index in [0.29, 0.717) is 24.3 Å². The van der Waals surface area contributed by atoms with E-state index in [1.54, 1.807) is 12.1 Å². The summed E-state index contributed by atoms with van der Waals surface area (Å²) in [4.78, 5) is 23.8. The minimum atomic E-state index is -1.83. The number of benzene rings is 2. The minimum absolute atomic E-state index is 0.507. The normalized spacial score (nSPS) is 11.6. The van der Waals surface area contributed by atoms with Crippen molar-refractivity contribution in [3.05, 3.63) is 93.4 Å². The molecule has 0 saturated carbocycles. The Morgan fingerprint density at radius 3 is 1.15 bits per heavy atom. The zero-order valence-electron chi connectivity index (χ0n) is 19.0. The maximum atomic E-state index is 14.3. The number of nitrogens with zero attached hydrogens (tertiary/aromatic N) is 10. The molecule has 0 aliphatic carbocycles. The fourth-order valence-electron chi connectivity index (χ4n) is 3.76. The average Bonchev–Trinajstić information content (AvgIpc) is 2.95. The van der Waals surface area contributed by atoms with Crippen LogP contribution in [0.4, 0.5) is 72.6 Å². The van der Waals surface area contributed by atoms with Gasteiger partial charge in [-0.1, -0.05) is 13.1 Å². The molecule has 0 fully saturated rings. The van der Waals surface area contributed by atoms with E-state index in [4.69, 9.17) is 13.1 Å². The van der Waals surface area contributed by atoms with Crippen molar-refractivity contribution in [1.29, 1.82) is 10.5 Å². The third-order valence-electron chi connectivity index (χ3n) is 5.41. The molecule has 0 amide bonds. The fraction of sp³-hybridized carbons (Fsp3) is 0. The number of rotatable bonds is 2. The molecule has 10 nitrogen and oxygen atoms in total. The molecular weight excluding hydrogens is 542 g/mol. The van der Waals surface area contributed by atoms with Gasteiger partial charge >= 0.3 is 11.6 Å². The van der Waals surface area contributed by atoms with Gasteiger partial charge in [0.2, 0.25) is 0 Å². The predicted octanol–water partition coefficient (Wildman–Crippen LogP) is 6.20. The van der Waals surface area contributed by atoms with Crippen molar-refractivity contribution in [2.75, 3.05) is 9.80 Å². The van der Waals surface area contributed by atoms with Crippen LogP contribution < -0.4 is 9.80 Å². The van der Waals surface area contributed by atoms with Crippen molar-refractivity contribution in [2.45, 2.75) is 0 Å². The maximum absolute atomic E-state index is 14.3. The molecule has 192 valence electrons. The van der Waals surface area contributed by atoms with Gasteiger partial charge in [0.25, 0.3) is 11.6 Å². The smallest absolute Gasteiger partial charge is 0.300 e. The molecule has 40 heavy (non-hydrogen) atoms. The number of hydrogen-bond acceptors (Lipinski definition) is 8. The van der Waals surface area contributed by atoms with Gasteiger partial charge in [0.15, 0.2) is 57.9 Å². The minimum Gasteiger partial charge on any atom is -0.370 e. The summed E-state index contributed by atoms with van der Waals surface area (Å²) >= 11 is 0. The van der Waals surface area contributed by atoms with Crippen molar-refractivity contribution in [2.24, 2.45) is 0 Å². The zero-order valence-corrected chi connectivity index (χ0v) is 19.0. The average molecular weight is 546 g/mol. The third kappa shape index (κ3) is 3.72. The van der Waals surface area contributed by atoms with Crippen LogP contribution in [0.3, 0.4) is 0 Å². The van der Waals surface area contributed by atoms with Gasteiger partial charge in [-0.3, -0.25) is 9.80 Å². The first-order valence-electron chi connectivity index (χ1n) is 10.4. The van der Waals surface area contributed by atoms with Crippen LogP contribution in [0.5, 0.6) is 0 Å². The van der Waals surface area contributed by atoms with Crippen LogP contribution in [0.15, 0.2) is 24.3 Å². The van der Waals surface area contributed by atoms with Crippen molar-refractivity contribution >= 4 is 46.3 Å². The Morgan fingerprint density at radius 1 is 0.575 bits per heavy atom. The monoisotopic (exact) mass is 546 g/mol. The van der Waals surface area contributed by atoms with Crippen LogP contribution in [-0.2, 0) is 0 Å². The number of anilines is 6. The van der Waals surface area contributed by atoms with Gasteiger partial charge in [-0.05, 0) is 0 Å². The summed E-state index contributed by atoms with van der Waals surface area (Å²) in [6.07, 6.45) is 0. The standard InChI is InChI=1S/C24H4F6N10/c1-33-19-20(34-2)38-24-23(37-19)39(9-3-11(25)17(29)12(26)4-9)21-22(36-16(8-32)15(7-31)35-21)40(24)10-5-13(27)18(30)14(28)6-10/h3-6H. The number of nitriles is 2. The summed E-state index contributed by atoms with van der Waals surface area (Å²) in [5.41, 5.74) is -2.27. The fourth-order valence-corrected chi connectivity index (χ4v) is 3.76. The maximum Gasteiger partial charge on any atom is 0.300 e. The first-order chi connectivity index (χ1) is 19.1. The van der Waals surface area contributed by atoms with Crippen LogP contribution in [0.1, 0.15) is 11.4 Å². The molecule has 0 unspecified atom stereocenters. The molecule has 3 heterocycles. The first kappa shape index (κ1) is 25.4. The van der Waals surface area contributed by atoms with E-state index in [-0.39, 0.29) is 0 Å². The molecule has 5 rings (SSSR count). The molecule has 0 radical (unpaired) electrons. The van der Waals surface area contributed by atoms with Gasteiger partial charge < -0.3 is 9.69 Å². The van der Waals surface area contributed by atoms with E-state index in [1.807, 2.05) is 0 Å². The Bertz CT molecular complexity index is 1680. The van der Waals surface area contributed by atoms with Gasteiger partial charge in [0.05, 0.1) is 11.4 Å². The predicted molar refractivity (Wildman–Crippen MR) is 122 cm³/mol. The van der Waals surface area contributed by atoms with Gasteiger partial charge in [0, 0.05) is 24.3 Å². The van der Waals surface area contributed by atoms with Gasteiger partial charge in [-0.15, -0.1) is 9.97 Å². The molecule has 0 N–H and O–H groups in total. The zero-order chi connectivity index (χ0) is 28.9. The molecule has 1 aliphatic rings. The van der Waals surface area contributed by atoms with Crippen LogP contribution in [-0.4, -0.2) is 19.9 Å². The highest BCUT2D eigenvalue weighted by Crippen LogP contribution is 2.53. The number of hydrogen-bond donors (Lipinski definition) is 0. The number of halogens is 6. The summed E-state index contributed by atoms with van der Waals surface area (Å²) < 4.78 is 84.9. The molecule has 0 bridgehead atoms. The molecule has 2 aromatic heterocycles. The summed E-state index contributed by atoms with van der Waals surface area (Å²) in [7, 11) is 0. The van der Waals surface area contributed by atoms with Crippen LogP contribution in [0.25, 0.3) is 9.69 Å². The molecule has 0 atom stereocenters. The molecule has 0 spiro atoms. The van der Waals surface area contributed by atoms with E-state index < -0.39 is 92.6 Å². The van der Waals surface area contributed by atoms with E-state index in [9.17, 15) is 36.9 Å². The van der Waals surface area contributed by atoms with Crippen molar-refractivity contribution in [3.63, 3.8) is 0 Å². The van der Waals surface area contributed by atoms with E-state index in [1.165, 1.54) is 0 Å². The topological polar surface area (TPSA) is 114 Å². The molecule has 1 aliphatic heterocycles. The van der Waals surface area contributed by atoms with Crippen LogP contribution in [0, 0.1) is 70.7 Å². The van der Waals surface area contributed by atoms with E-state index in [2.05, 4.69) is 29.6 Å². The Kier molecular flexibility index (Phi) is 5.87. The molecule has 0 saturated heterocycles. The van der Waals surface area contributed by atoms with Crippen LogP contribution >= 0.6 is 0 Å². The second-order valence-electron chi connectivity index (χ2n) is 7.65. The van der Waals surface area contributed by atoms with Crippen molar-refractivity contribution in [1.82, 2.24) is 19.9 Å². The molecular formula is C24H4F6N10. The first-order valence-corrected chi connectivity index (χ1v) is 10.4. The van der Waals surface area contributed by atoms with Gasteiger partial charge in [-0.25, -0.2) is 36.3 Å². The third-order valence-corrected chi connectivity index (χ3v) is 5.41. The largest absolute Gasteiger partial charge is 0.370 e. The van der Waals surface area contributed by atoms with E-state index in [0.717, 1.165) is 9.80 Å². The lowest BCUT2D eigenvalue weighted by Gasteiger charge is -2.33. The lowest BCUT2D eigenvalue weighted by Crippen LogP contribution is -2.29. The Balaban J connectivity index is 1.97. The van der Waals surface area contributed by atoms with E-state index >= 15 is 0 Å². The molecule has 4 aromatic rings. The second-order valence-corrected chi connectivity index (χ2v) is 7.65. The van der Waals surface area contributed by atoms with Gasteiger partial charge in [0.1, 0.15) is 12.1 Å². The highest BCUT2D eigenvalue weighted by molar-refractivity contribution is 5.97. The molecule has 2 aromatic carbocycles. The molecule has 16 heteroatoms. The van der Waals surface area contributed by atoms with Crippen molar-refractivity contribution in [3.8, 4) is 12.1 Å². The lowest BCUT2D eigenvalue weighted by molar-refractivity contribution is 0.447. The Labute approximate surface area is 218 Å². The Hall–Kier alpha value is -6.26. The van der Waals surface area contributed by atoms with Crippen LogP contribution in [0.2, 0.25) is 0 Å². The number of fused-ring (bicyclic) bond motifs is 2. The summed E-state index contributed by atoms with van der Waals surface area (Å²) in [5.74, 6) is -13.7. The highest BCUT2D eigenvalue weighted by Gasteiger charge is 2.43. The second kappa shape index (κ2) is 9.24. The quantitative estimate of drug-likeness (QED) is 0.146. The van der Waals surface area contributed by atoms with Crippen molar-refractivity contribution < 1.29 is 26.3 Å². The summed E-state index contributed by atoms with van der Waals surface area (Å²) in [5, 5.41) is 19.0. The highest BCUT2D eigenvalue weighted by atomic mass is 19.2.